The van der Waals surface area contributed by atoms with Crippen LogP contribution >= 0.6 is 0 Å². The molecule has 2 aromatic rings. The summed E-state index contributed by atoms with van der Waals surface area (Å²) in [7, 11) is 0. The van der Waals surface area contributed by atoms with Crippen molar-refractivity contribution in [1.29, 1.82) is 0 Å². The fourth-order valence-corrected chi connectivity index (χ4v) is 3.34. The molecule has 144 valence electrons. The predicted molar refractivity (Wildman–Crippen MR) is 95.3 cm³/mol. The molecule has 0 unspecified atom stereocenters. The van der Waals surface area contributed by atoms with Gasteiger partial charge >= 0.3 is 12.1 Å². The highest BCUT2D eigenvalue weighted by atomic mass is 19.4. The second kappa shape index (κ2) is 7.58. The summed E-state index contributed by atoms with van der Waals surface area (Å²) in [4.78, 5) is 16.7. The third-order valence-electron chi connectivity index (χ3n) is 4.67. The normalized spacial score (nSPS) is 14.3. The van der Waals surface area contributed by atoms with E-state index in [4.69, 9.17) is 4.74 Å². The van der Waals surface area contributed by atoms with Crippen molar-refractivity contribution in [2.75, 3.05) is 6.61 Å². The smallest absolute Gasteiger partial charge is 0.416 e. The Morgan fingerprint density at radius 3 is 2.67 bits per heavy atom. The van der Waals surface area contributed by atoms with Crippen molar-refractivity contribution in [1.82, 2.24) is 9.55 Å². The largest absolute Gasteiger partial charge is 0.461 e. The van der Waals surface area contributed by atoms with Crippen molar-refractivity contribution in [2.45, 2.75) is 45.8 Å². The van der Waals surface area contributed by atoms with Gasteiger partial charge in [0.25, 0.3) is 0 Å². The number of hydrogen-bond acceptors (Lipinski definition) is 3. The quantitative estimate of drug-likeness (QED) is 0.688. The topological polar surface area (TPSA) is 44.1 Å². The summed E-state index contributed by atoms with van der Waals surface area (Å²) >= 11 is 0. The fourth-order valence-electron chi connectivity index (χ4n) is 3.34. The first-order valence-electron chi connectivity index (χ1n) is 8.91. The lowest BCUT2D eigenvalue weighted by Crippen LogP contribution is -2.14. The number of benzene rings is 1. The van der Waals surface area contributed by atoms with E-state index < -0.39 is 17.7 Å². The number of alkyl halides is 3. The van der Waals surface area contributed by atoms with Gasteiger partial charge in [-0.3, -0.25) is 0 Å². The number of hydrogen-bond donors (Lipinski definition) is 0. The molecular formula is C20H21F3N2O2. The van der Waals surface area contributed by atoms with Gasteiger partial charge in [-0.25, -0.2) is 9.78 Å². The monoisotopic (exact) mass is 378 g/mol. The number of carbonyl (C=O) groups excluding carboxylic acids is 1. The fraction of sp³-hybridized carbons (Fsp3) is 0.400. The highest BCUT2D eigenvalue weighted by molar-refractivity contribution is 5.89. The molecule has 3 rings (SSSR count). The number of nitrogens with zero attached hydrogens (tertiary/aromatic N) is 2. The molecule has 0 fully saturated rings. The van der Waals surface area contributed by atoms with Gasteiger partial charge in [0.05, 0.1) is 12.2 Å². The lowest BCUT2D eigenvalue weighted by molar-refractivity contribution is -0.138. The van der Waals surface area contributed by atoms with Crippen LogP contribution in [0.3, 0.4) is 0 Å². The van der Waals surface area contributed by atoms with E-state index >= 15 is 0 Å². The molecule has 1 aliphatic carbocycles. The standard InChI is InChI=1S/C20H21F3N2O2/c1-3-27-19(26)17-13(2)25(18(24-17)14-8-4-5-9-14)12-15-10-6-7-11-16(15)20(21,22)23/h6-8,10-11H,3-5,9,12H2,1-2H3. The Kier molecular flexibility index (Phi) is 5.39. The highest BCUT2D eigenvalue weighted by Crippen LogP contribution is 2.34. The van der Waals surface area contributed by atoms with Crippen LogP contribution < -0.4 is 0 Å². The van der Waals surface area contributed by atoms with Gasteiger partial charge in [0, 0.05) is 12.2 Å². The Hall–Kier alpha value is -2.57. The van der Waals surface area contributed by atoms with E-state index in [1.165, 1.54) is 12.1 Å². The first-order valence-corrected chi connectivity index (χ1v) is 8.91. The second-order valence-corrected chi connectivity index (χ2v) is 6.45. The van der Waals surface area contributed by atoms with E-state index in [-0.39, 0.29) is 24.4 Å². The van der Waals surface area contributed by atoms with Crippen LogP contribution in [0.4, 0.5) is 13.2 Å². The zero-order valence-electron chi connectivity index (χ0n) is 15.3. The number of imidazole rings is 1. The summed E-state index contributed by atoms with van der Waals surface area (Å²) in [6.45, 7) is 3.58. The molecule has 0 atom stereocenters. The molecule has 0 N–H and O–H groups in total. The van der Waals surface area contributed by atoms with Gasteiger partial charge in [0.15, 0.2) is 5.69 Å². The van der Waals surface area contributed by atoms with Crippen LogP contribution in [-0.2, 0) is 17.5 Å². The second-order valence-electron chi connectivity index (χ2n) is 6.45. The Balaban J connectivity index is 2.08. The first-order chi connectivity index (χ1) is 12.8. The third-order valence-corrected chi connectivity index (χ3v) is 4.67. The zero-order valence-corrected chi connectivity index (χ0v) is 15.3. The molecule has 0 bridgehead atoms. The van der Waals surface area contributed by atoms with Gasteiger partial charge in [-0.1, -0.05) is 24.3 Å². The summed E-state index contributed by atoms with van der Waals surface area (Å²) < 4.78 is 46.9. The van der Waals surface area contributed by atoms with Crippen LogP contribution in [0.2, 0.25) is 0 Å². The molecule has 0 saturated heterocycles. The molecule has 1 aromatic carbocycles. The van der Waals surface area contributed by atoms with Crippen molar-refractivity contribution in [3.05, 3.63) is 58.7 Å². The summed E-state index contributed by atoms with van der Waals surface area (Å²) in [6, 6.07) is 5.48. The van der Waals surface area contributed by atoms with Gasteiger partial charge in [0.2, 0.25) is 0 Å². The van der Waals surface area contributed by atoms with Crippen molar-refractivity contribution in [3.63, 3.8) is 0 Å². The number of aromatic nitrogens is 2. The molecule has 1 aromatic heterocycles. The number of esters is 1. The molecule has 7 heteroatoms. The minimum absolute atomic E-state index is 0.0133. The molecule has 27 heavy (non-hydrogen) atoms. The molecule has 0 saturated carbocycles. The number of halogens is 3. The maximum atomic E-state index is 13.4. The lowest BCUT2D eigenvalue weighted by atomic mass is 10.1. The van der Waals surface area contributed by atoms with E-state index in [1.54, 1.807) is 24.5 Å². The van der Waals surface area contributed by atoms with Gasteiger partial charge in [-0.05, 0) is 50.3 Å². The number of ether oxygens (including phenoxy) is 1. The Bertz CT molecular complexity index is 882. The average molecular weight is 378 g/mol. The maximum Gasteiger partial charge on any atom is 0.416 e. The average Bonchev–Trinajstić information content (AvgIpc) is 3.24. The van der Waals surface area contributed by atoms with E-state index in [9.17, 15) is 18.0 Å². The van der Waals surface area contributed by atoms with Crippen LogP contribution in [0, 0.1) is 6.92 Å². The van der Waals surface area contributed by atoms with Crippen LogP contribution in [0.1, 0.15) is 59.3 Å². The van der Waals surface area contributed by atoms with E-state index in [0.29, 0.717) is 11.5 Å². The summed E-state index contributed by atoms with van der Waals surface area (Å²) in [5.74, 6) is -0.0114. The van der Waals surface area contributed by atoms with Crippen molar-refractivity contribution >= 4 is 11.5 Å². The van der Waals surface area contributed by atoms with Crippen molar-refractivity contribution in [3.8, 4) is 0 Å². The molecule has 1 aliphatic rings. The molecule has 0 radical (unpaired) electrons. The molecule has 1 heterocycles. The van der Waals surface area contributed by atoms with Crippen molar-refractivity contribution < 1.29 is 22.7 Å². The minimum Gasteiger partial charge on any atom is -0.461 e. The molecule has 0 amide bonds. The predicted octanol–water partition coefficient (Wildman–Crippen LogP) is 5.00. The Morgan fingerprint density at radius 2 is 2.04 bits per heavy atom. The van der Waals surface area contributed by atoms with Gasteiger partial charge in [-0.2, -0.15) is 13.2 Å². The summed E-state index contributed by atoms with van der Waals surface area (Å²) in [5.41, 5.74) is 1.08. The van der Waals surface area contributed by atoms with Crippen molar-refractivity contribution in [2.24, 2.45) is 0 Å². The number of allylic oxidation sites excluding steroid dienone is 2. The van der Waals surface area contributed by atoms with Crippen LogP contribution in [0.5, 0.6) is 0 Å². The van der Waals surface area contributed by atoms with Gasteiger partial charge in [-0.15, -0.1) is 0 Å². The van der Waals surface area contributed by atoms with Crippen LogP contribution in [-0.4, -0.2) is 22.1 Å². The maximum absolute atomic E-state index is 13.4. The number of rotatable bonds is 5. The Morgan fingerprint density at radius 1 is 1.30 bits per heavy atom. The van der Waals surface area contributed by atoms with E-state index in [2.05, 4.69) is 4.98 Å². The molecule has 4 nitrogen and oxygen atoms in total. The Labute approximate surface area is 155 Å². The van der Waals surface area contributed by atoms with Gasteiger partial charge in [0.1, 0.15) is 5.82 Å². The summed E-state index contributed by atoms with van der Waals surface area (Å²) in [5, 5.41) is 0. The zero-order chi connectivity index (χ0) is 19.6. The van der Waals surface area contributed by atoms with E-state index in [0.717, 1.165) is 30.9 Å². The molecule has 0 spiro atoms. The SMILES string of the molecule is CCOC(=O)c1nc(C2=CCCC2)n(Cc2ccccc2C(F)(F)F)c1C. The number of carbonyl (C=O) groups is 1. The summed E-state index contributed by atoms with van der Waals surface area (Å²) in [6.07, 6.45) is 0.245. The molecule has 0 aliphatic heterocycles. The van der Waals surface area contributed by atoms with Crippen LogP contribution in [0.15, 0.2) is 30.3 Å². The first kappa shape index (κ1) is 19.2. The van der Waals surface area contributed by atoms with Crippen LogP contribution in [0.25, 0.3) is 5.57 Å². The van der Waals surface area contributed by atoms with E-state index in [1.807, 2.05) is 6.08 Å². The van der Waals surface area contributed by atoms with Gasteiger partial charge < -0.3 is 9.30 Å². The molecular weight excluding hydrogens is 357 g/mol. The third kappa shape index (κ3) is 3.91. The lowest BCUT2D eigenvalue weighted by Gasteiger charge is -2.16. The minimum atomic E-state index is -4.44. The highest BCUT2D eigenvalue weighted by Gasteiger charge is 2.33.